The lowest BCUT2D eigenvalue weighted by molar-refractivity contribution is -0.127. The molecule has 0 aliphatic rings. The maximum absolute atomic E-state index is 13.8. The Hall–Kier alpha value is -2.64. The SMILES string of the molecule is C=CCn1c(SCC(=O)N(C)Cc2ccccc2F)nnc1-c1ccc(Cl)cc1. The van der Waals surface area contributed by atoms with Gasteiger partial charge < -0.3 is 4.90 Å². The summed E-state index contributed by atoms with van der Waals surface area (Å²) in [6.07, 6.45) is 1.75. The summed E-state index contributed by atoms with van der Waals surface area (Å²) < 4.78 is 15.7. The number of allylic oxidation sites excluding steroid dienone is 1. The van der Waals surface area contributed by atoms with Crippen molar-refractivity contribution < 1.29 is 9.18 Å². The van der Waals surface area contributed by atoms with Crippen molar-refractivity contribution in [3.8, 4) is 11.4 Å². The van der Waals surface area contributed by atoms with Crippen molar-refractivity contribution in [2.24, 2.45) is 0 Å². The second kappa shape index (κ2) is 9.71. The van der Waals surface area contributed by atoms with Crippen molar-refractivity contribution in [3.63, 3.8) is 0 Å². The molecular formula is C21H20ClFN4OS. The number of carbonyl (C=O) groups is 1. The zero-order valence-corrected chi connectivity index (χ0v) is 17.5. The maximum Gasteiger partial charge on any atom is 0.233 e. The van der Waals surface area contributed by atoms with Gasteiger partial charge >= 0.3 is 0 Å². The van der Waals surface area contributed by atoms with Crippen LogP contribution >= 0.6 is 23.4 Å². The minimum Gasteiger partial charge on any atom is -0.341 e. The van der Waals surface area contributed by atoms with E-state index < -0.39 is 0 Å². The normalized spacial score (nSPS) is 10.7. The van der Waals surface area contributed by atoms with E-state index in [1.54, 1.807) is 43.5 Å². The van der Waals surface area contributed by atoms with Crippen LogP contribution in [0.15, 0.2) is 66.3 Å². The van der Waals surface area contributed by atoms with E-state index in [4.69, 9.17) is 11.6 Å². The third-order valence-electron chi connectivity index (χ3n) is 4.25. The second-order valence-electron chi connectivity index (χ2n) is 6.34. The molecular weight excluding hydrogens is 411 g/mol. The van der Waals surface area contributed by atoms with Crippen LogP contribution < -0.4 is 0 Å². The zero-order chi connectivity index (χ0) is 20.8. The van der Waals surface area contributed by atoms with Gasteiger partial charge in [0.05, 0.1) is 5.75 Å². The van der Waals surface area contributed by atoms with Crippen molar-refractivity contribution >= 4 is 29.3 Å². The van der Waals surface area contributed by atoms with E-state index in [1.807, 2.05) is 16.7 Å². The fraction of sp³-hybridized carbons (Fsp3) is 0.190. The Balaban J connectivity index is 1.69. The number of benzene rings is 2. The molecule has 0 unspecified atom stereocenters. The molecule has 3 aromatic rings. The van der Waals surface area contributed by atoms with Crippen LogP contribution in [-0.4, -0.2) is 38.4 Å². The smallest absolute Gasteiger partial charge is 0.233 e. The van der Waals surface area contributed by atoms with Gasteiger partial charge in [0.2, 0.25) is 5.91 Å². The summed E-state index contributed by atoms with van der Waals surface area (Å²) in [7, 11) is 1.66. The zero-order valence-electron chi connectivity index (χ0n) is 15.9. The highest BCUT2D eigenvalue weighted by molar-refractivity contribution is 7.99. The number of hydrogen-bond acceptors (Lipinski definition) is 4. The molecule has 0 aliphatic carbocycles. The van der Waals surface area contributed by atoms with E-state index in [0.717, 1.165) is 5.56 Å². The molecule has 1 amide bonds. The molecule has 0 N–H and O–H groups in total. The fourth-order valence-electron chi connectivity index (χ4n) is 2.71. The topological polar surface area (TPSA) is 51.0 Å². The lowest BCUT2D eigenvalue weighted by Crippen LogP contribution is -2.28. The Kier molecular flexibility index (Phi) is 7.06. The summed E-state index contributed by atoms with van der Waals surface area (Å²) in [6, 6.07) is 13.8. The molecule has 0 atom stereocenters. The Bertz CT molecular complexity index is 1010. The van der Waals surface area contributed by atoms with Crippen LogP contribution in [0.4, 0.5) is 4.39 Å². The van der Waals surface area contributed by atoms with Crippen LogP contribution in [0.2, 0.25) is 5.02 Å². The van der Waals surface area contributed by atoms with Gasteiger partial charge in [0, 0.05) is 36.3 Å². The first kappa shape index (κ1) is 21.1. The van der Waals surface area contributed by atoms with E-state index in [2.05, 4.69) is 16.8 Å². The van der Waals surface area contributed by atoms with E-state index in [0.29, 0.717) is 28.1 Å². The highest BCUT2D eigenvalue weighted by Crippen LogP contribution is 2.25. The van der Waals surface area contributed by atoms with E-state index in [-0.39, 0.29) is 24.0 Å². The van der Waals surface area contributed by atoms with Crippen LogP contribution in [0.25, 0.3) is 11.4 Å². The van der Waals surface area contributed by atoms with Crippen LogP contribution in [-0.2, 0) is 17.9 Å². The summed E-state index contributed by atoms with van der Waals surface area (Å²) in [5.74, 6) is 0.398. The number of halogens is 2. The van der Waals surface area contributed by atoms with Gasteiger partial charge in [-0.1, -0.05) is 47.6 Å². The van der Waals surface area contributed by atoms with Crippen molar-refractivity contribution in [2.45, 2.75) is 18.2 Å². The second-order valence-corrected chi connectivity index (χ2v) is 7.72. The number of thioether (sulfide) groups is 1. The molecule has 0 aliphatic heterocycles. The van der Waals surface area contributed by atoms with E-state index in [9.17, 15) is 9.18 Å². The van der Waals surface area contributed by atoms with Gasteiger partial charge in [0.25, 0.3) is 0 Å². The Morgan fingerprint density at radius 2 is 1.97 bits per heavy atom. The van der Waals surface area contributed by atoms with Gasteiger partial charge in [-0.2, -0.15) is 0 Å². The van der Waals surface area contributed by atoms with Crippen LogP contribution in [0.5, 0.6) is 0 Å². The number of rotatable bonds is 8. The van der Waals surface area contributed by atoms with Gasteiger partial charge in [-0.15, -0.1) is 16.8 Å². The molecule has 1 aromatic heterocycles. The van der Waals surface area contributed by atoms with Crippen LogP contribution in [0, 0.1) is 5.82 Å². The lowest BCUT2D eigenvalue weighted by Gasteiger charge is -2.17. The number of aromatic nitrogens is 3. The molecule has 0 fully saturated rings. The number of amides is 1. The molecule has 1 heterocycles. The molecule has 29 heavy (non-hydrogen) atoms. The number of hydrogen-bond donors (Lipinski definition) is 0. The summed E-state index contributed by atoms with van der Waals surface area (Å²) in [6.45, 7) is 4.50. The standard InChI is InChI=1S/C21H20ClFN4OS/c1-3-12-27-20(15-8-10-17(22)11-9-15)24-25-21(27)29-14-19(28)26(2)13-16-6-4-5-7-18(16)23/h3-11H,1,12-14H2,2H3. The van der Waals surface area contributed by atoms with Crippen molar-refractivity contribution in [3.05, 3.63) is 77.6 Å². The van der Waals surface area contributed by atoms with Gasteiger partial charge in [-0.25, -0.2) is 4.39 Å². The van der Waals surface area contributed by atoms with E-state index >= 15 is 0 Å². The quantitative estimate of drug-likeness (QED) is 0.385. The third-order valence-corrected chi connectivity index (χ3v) is 5.45. The first-order valence-electron chi connectivity index (χ1n) is 8.89. The number of carbonyl (C=O) groups excluding carboxylic acids is 1. The Morgan fingerprint density at radius 3 is 2.66 bits per heavy atom. The molecule has 0 saturated carbocycles. The molecule has 2 aromatic carbocycles. The Morgan fingerprint density at radius 1 is 1.24 bits per heavy atom. The monoisotopic (exact) mass is 430 g/mol. The maximum atomic E-state index is 13.8. The molecule has 0 radical (unpaired) electrons. The molecule has 3 rings (SSSR count). The van der Waals surface area contributed by atoms with Crippen molar-refractivity contribution in [1.29, 1.82) is 0 Å². The van der Waals surface area contributed by atoms with Crippen molar-refractivity contribution in [1.82, 2.24) is 19.7 Å². The van der Waals surface area contributed by atoms with Crippen LogP contribution in [0.3, 0.4) is 0 Å². The molecule has 150 valence electrons. The molecule has 8 heteroatoms. The highest BCUT2D eigenvalue weighted by Gasteiger charge is 2.17. The molecule has 5 nitrogen and oxygen atoms in total. The minimum absolute atomic E-state index is 0.126. The van der Waals surface area contributed by atoms with Crippen LogP contribution in [0.1, 0.15) is 5.56 Å². The van der Waals surface area contributed by atoms with Gasteiger partial charge in [0.1, 0.15) is 5.82 Å². The lowest BCUT2D eigenvalue weighted by atomic mass is 10.2. The van der Waals surface area contributed by atoms with Gasteiger partial charge in [0.15, 0.2) is 11.0 Å². The summed E-state index contributed by atoms with van der Waals surface area (Å²) in [4.78, 5) is 14.0. The average Bonchev–Trinajstić information content (AvgIpc) is 3.11. The minimum atomic E-state index is -0.321. The first-order chi connectivity index (χ1) is 14.0. The largest absolute Gasteiger partial charge is 0.341 e. The van der Waals surface area contributed by atoms with Crippen molar-refractivity contribution in [2.75, 3.05) is 12.8 Å². The first-order valence-corrected chi connectivity index (χ1v) is 10.3. The average molecular weight is 431 g/mol. The molecule has 0 saturated heterocycles. The molecule has 0 bridgehead atoms. The van der Waals surface area contributed by atoms with E-state index in [1.165, 1.54) is 22.7 Å². The van der Waals surface area contributed by atoms with Gasteiger partial charge in [-0.05, 0) is 30.3 Å². The number of nitrogens with zero attached hydrogens (tertiary/aromatic N) is 4. The molecule has 0 spiro atoms. The fourth-order valence-corrected chi connectivity index (χ4v) is 3.72. The summed E-state index contributed by atoms with van der Waals surface area (Å²) in [5, 5.41) is 9.74. The third kappa shape index (κ3) is 5.25. The highest BCUT2D eigenvalue weighted by atomic mass is 35.5. The predicted octanol–water partition coefficient (Wildman–Crippen LogP) is 4.67. The summed E-state index contributed by atoms with van der Waals surface area (Å²) in [5.41, 5.74) is 1.35. The summed E-state index contributed by atoms with van der Waals surface area (Å²) >= 11 is 7.25. The predicted molar refractivity (Wildman–Crippen MR) is 114 cm³/mol. The van der Waals surface area contributed by atoms with Gasteiger partial charge in [-0.3, -0.25) is 9.36 Å². The Labute approximate surface area is 178 Å².